The molecule has 0 aliphatic rings. The molecule has 0 radical (unpaired) electrons. The molecule has 2 heterocycles. The molecule has 7 nitrogen and oxygen atoms in total. The highest BCUT2D eigenvalue weighted by Gasteiger charge is 2.07. The van der Waals surface area contributed by atoms with E-state index in [-0.39, 0.29) is 24.4 Å². The van der Waals surface area contributed by atoms with Crippen molar-refractivity contribution in [1.82, 2.24) is 19.6 Å². The first kappa shape index (κ1) is 19.4. The van der Waals surface area contributed by atoms with E-state index >= 15 is 0 Å². The molecule has 0 saturated heterocycles. The van der Waals surface area contributed by atoms with Crippen LogP contribution in [0.5, 0.6) is 0 Å². The van der Waals surface area contributed by atoms with Gasteiger partial charge < -0.3 is 4.57 Å². The van der Waals surface area contributed by atoms with Crippen LogP contribution >= 0.6 is 0 Å². The van der Waals surface area contributed by atoms with Crippen LogP contribution in [0.25, 0.3) is 10.9 Å². The van der Waals surface area contributed by atoms with Crippen molar-refractivity contribution >= 4 is 16.8 Å². The summed E-state index contributed by atoms with van der Waals surface area (Å²) in [6.45, 7) is 2.79. The predicted octanol–water partition coefficient (Wildman–Crippen LogP) is 2.47. The lowest BCUT2D eigenvalue weighted by atomic mass is 10.1. The largest absolute Gasteiger partial charge is 0.329 e. The van der Waals surface area contributed by atoms with Gasteiger partial charge in [-0.25, -0.2) is 4.68 Å². The highest BCUT2D eigenvalue weighted by Crippen LogP contribution is 2.05. The van der Waals surface area contributed by atoms with Crippen molar-refractivity contribution in [3.63, 3.8) is 0 Å². The van der Waals surface area contributed by atoms with E-state index in [0.717, 1.165) is 5.56 Å². The van der Waals surface area contributed by atoms with Gasteiger partial charge in [0.2, 0.25) is 5.91 Å². The number of benzene rings is 2. The monoisotopic (exact) mass is 399 g/mol. The average Bonchev–Trinajstić information content (AvgIpc) is 2.76. The van der Waals surface area contributed by atoms with E-state index < -0.39 is 0 Å². The molecule has 0 unspecified atom stereocenters. The van der Waals surface area contributed by atoms with Crippen LogP contribution in [-0.2, 0) is 17.9 Å². The van der Waals surface area contributed by atoms with Crippen molar-refractivity contribution in [3.8, 4) is 0 Å². The third-order valence-electron chi connectivity index (χ3n) is 4.80. The Morgan fingerprint density at radius 1 is 1.00 bits per heavy atom. The van der Waals surface area contributed by atoms with Crippen molar-refractivity contribution in [3.05, 3.63) is 99.9 Å². The molecule has 1 amide bonds. The van der Waals surface area contributed by atoms with E-state index in [1.54, 1.807) is 30.3 Å². The molecule has 2 aromatic heterocycles. The number of pyridine rings is 1. The van der Waals surface area contributed by atoms with Gasteiger partial charge in [0.05, 0.1) is 11.9 Å². The Kier molecular flexibility index (Phi) is 5.61. The van der Waals surface area contributed by atoms with Crippen molar-refractivity contribution in [2.24, 2.45) is 4.99 Å². The third kappa shape index (κ3) is 4.41. The number of carbonyl (C=O) groups is 1. The molecule has 2 aromatic carbocycles. The van der Waals surface area contributed by atoms with Gasteiger partial charge in [0.1, 0.15) is 11.0 Å². The van der Waals surface area contributed by atoms with Gasteiger partial charge >= 0.3 is 0 Å². The van der Waals surface area contributed by atoms with Gasteiger partial charge in [-0.05, 0) is 36.8 Å². The van der Waals surface area contributed by atoms with Crippen molar-refractivity contribution < 1.29 is 4.79 Å². The molecule has 4 rings (SSSR count). The molecule has 0 aliphatic heterocycles. The van der Waals surface area contributed by atoms with Crippen molar-refractivity contribution in [2.45, 2.75) is 26.4 Å². The summed E-state index contributed by atoms with van der Waals surface area (Å²) in [6, 6.07) is 20.8. The molecule has 0 bridgehead atoms. The molecule has 0 atom stereocenters. The maximum atomic E-state index is 12.5. The van der Waals surface area contributed by atoms with Gasteiger partial charge in [0, 0.05) is 19.2 Å². The molecule has 150 valence electrons. The minimum atomic E-state index is -0.319. The van der Waals surface area contributed by atoms with E-state index in [2.05, 4.69) is 39.6 Å². The quantitative estimate of drug-likeness (QED) is 0.516. The van der Waals surface area contributed by atoms with Crippen LogP contribution in [-0.4, -0.2) is 25.5 Å². The van der Waals surface area contributed by atoms with Crippen LogP contribution in [0.3, 0.4) is 0 Å². The smallest absolute Gasteiger partial charge is 0.277 e. The van der Waals surface area contributed by atoms with E-state index in [1.165, 1.54) is 10.2 Å². The molecule has 7 heteroatoms. The Morgan fingerprint density at radius 3 is 2.60 bits per heavy atom. The second kappa shape index (κ2) is 8.65. The van der Waals surface area contributed by atoms with Crippen LogP contribution in [0.2, 0.25) is 0 Å². The topological polar surface area (TPSA) is 82.1 Å². The fourth-order valence-electron chi connectivity index (χ4n) is 3.15. The predicted molar refractivity (Wildman–Crippen MR) is 114 cm³/mol. The zero-order valence-corrected chi connectivity index (χ0v) is 16.6. The summed E-state index contributed by atoms with van der Waals surface area (Å²) in [5, 5.41) is 8.44. The van der Waals surface area contributed by atoms with E-state index in [4.69, 9.17) is 0 Å². The molecule has 0 saturated carbocycles. The van der Waals surface area contributed by atoms with Crippen LogP contribution < -0.4 is 11.0 Å². The van der Waals surface area contributed by atoms with Crippen LogP contribution in [0, 0.1) is 6.92 Å². The van der Waals surface area contributed by atoms with E-state index in [0.29, 0.717) is 22.9 Å². The number of hydrogen-bond donors (Lipinski definition) is 0. The summed E-state index contributed by atoms with van der Waals surface area (Å²) < 4.78 is 3.13. The van der Waals surface area contributed by atoms with Gasteiger partial charge in [-0.3, -0.25) is 9.59 Å². The second-order valence-corrected chi connectivity index (χ2v) is 7.06. The lowest BCUT2D eigenvalue weighted by Crippen LogP contribution is -2.26. The Morgan fingerprint density at radius 2 is 1.77 bits per heavy atom. The van der Waals surface area contributed by atoms with Gasteiger partial charge in [0.15, 0.2) is 0 Å². The number of fused-ring (bicyclic) bond motifs is 1. The fraction of sp³-hybridized carbons (Fsp3) is 0.174. The Balaban J connectivity index is 1.52. The summed E-state index contributed by atoms with van der Waals surface area (Å²) in [6.07, 6.45) is 1.96. The third-order valence-corrected chi connectivity index (χ3v) is 4.80. The molecular weight excluding hydrogens is 378 g/mol. The molecule has 0 fully saturated rings. The highest BCUT2D eigenvalue weighted by molar-refractivity contribution is 5.77. The Bertz CT molecular complexity index is 1320. The van der Waals surface area contributed by atoms with Gasteiger partial charge in [-0.1, -0.05) is 53.2 Å². The van der Waals surface area contributed by atoms with E-state index in [9.17, 15) is 9.59 Å². The molecular formula is C23H21N5O2. The summed E-state index contributed by atoms with van der Waals surface area (Å²) in [5.74, 6) is -0.319. The number of nitrogens with zero attached hydrogens (tertiary/aromatic N) is 5. The maximum absolute atomic E-state index is 12.5. The number of aryl methyl sites for hydroxylation is 2. The van der Waals surface area contributed by atoms with Gasteiger partial charge in [-0.2, -0.15) is 4.99 Å². The lowest BCUT2D eigenvalue weighted by molar-refractivity contribution is -0.118. The summed E-state index contributed by atoms with van der Waals surface area (Å²) in [4.78, 5) is 29.2. The summed E-state index contributed by atoms with van der Waals surface area (Å²) in [5.41, 5.74) is 3.17. The lowest BCUT2D eigenvalue weighted by Gasteiger charge is -2.08. The number of rotatable bonds is 5. The number of aromatic nitrogens is 4. The highest BCUT2D eigenvalue weighted by atomic mass is 16.1. The van der Waals surface area contributed by atoms with Crippen LogP contribution in [0.15, 0.2) is 82.7 Å². The summed E-state index contributed by atoms with van der Waals surface area (Å²) >= 11 is 0. The average molecular weight is 399 g/mol. The zero-order valence-electron chi connectivity index (χ0n) is 16.6. The maximum Gasteiger partial charge on any atom is 0.277 e. The van der Waals surface area contributed by atoms with Crippen LogP contribution in [0.4, 0.5) is 0 Å². The second-order valence-electron chi connectivity index (χ2n) is 7.06. The normalized spacial score (nSPS) is 11.7. The fourth-order valence-corrected chi connectivity index (χ4v) is 3.15. The van der Waals surface area contributed by atoms with Crippen LogP contribution in [0.1, 0.15) is 17.5 Å². The molecule has 0 aliphatic carbocycles. The number of amides is 1. The first-order chi connectivity index (χ1) is 14.6. The van der Waals surface area contributed by atoms with Gasteiger partial charge in [-0.15, -0.1) is 5.10 Å². The minimum Gasteiger partial charge on any atom is -0.329 e. The van der Waals surface area contributed by atoms with Crippen molar-refractivity contribution in [1.29, 1.82) is 0 Å². The zero-order chi connectivity index (χ0) is 20.9. The first-order valence-electron chi connectivity index (χ1n) is 9.71. The summed E-state index contributed by atoms with van der Waals surface area (Å²) in [7, 11) is 0. The molecule has 0 spiro atoms. The number of carbonyl (C=O) groups excluding carboxylic acids is 1. The van der Waals surface area contributed by atoms with Gasteiger partial charge in [0.25, 0.3) is 5.56 Å². The Labute approximate surface area is 173 Å². The minimum absolute atomic E-state index is 0.0619. The van der Waals surface area contributed by atoms with E-state index in [1.807, 2.05) is 29.8 Å². The Hall–Kier alpha value is -3.87. The SMILES string of the molecule is Cc1ccc(Cn2ccccc2=NC(=O)CCn2nnc3ccccc3c2=O)cc1. The first-order valence-corrected chi connectivity index (χ1v) is 9.71. The van der Waals surface area contributed by atoms with Crippen molar-refractivity contribution in [2.75, 3.05) is 0 Å². The molecule has 0 N–H and O–H groups in total. The molecule has 30 heavy (non-hydrogen) atoms. The standard InChI is InChI=1S/C23H21N5O2/c1-17-9-11-18(12-10-17)16-27-14-5-4-8-21(27)24-22(29)13-15-28-23(30)19-6-2-3-7-20(19)25-26-28/h2-12,14H,13,15-16H2,1H3. The molecule has 4 aromatic rings. The number of hydrogen-bond acceptors (Lipinski definition) is 4.